The average molecular weight is 312 g/mol. The third-order valence-corrected chi connectivity index (χ3v) is 5.52. The van der Waals surface area contributed by atoms with Crippen LogP contribution < -0.4 is 5.73 Å². The van der Waals surface area contributed by atoms with E-state index in [-0.39, 0.29) is 4.99 Å². The van der Waals surface area contributed by atoms with Gasteiger partial charge in [-0.1, -0.05) is 31.3 Å². The van der Waals surface area contributed by atoms with E-state index in [1.165, 1.54) is 0 Å². The van der Waals surface area contributed by atoms with E-state index in [4.69, 9.17) is 18.0 Å². The van der Waals surface area contributed by atoms with Gasteiger partial charge in [0.1, 0.15) is 4.99 Å². The average Bonchev–Trinajstić information content (AvgIpc) is 3.22. The molecule has 0 heterocycles. The minimum absolute atomic E-state index is 0.275. The molecular weight excluding hydrogens is 292 g/mol. The van der Waals surface area contributed by atoms with Crippen molar-refractivity contribution in [3.8, 4) is 0 Å². The summed E-state index contributed by atoms with van der Waals surface area (Å²) in [6.07, 6.45) is 3.09. The van der Waals surface area contributed by atoms with E-state index in [2.05, 4.69) is 0 Å². The second-order valence-corrected chi connectivity index (χ2v) is 7.57. The van der Waals surface area contributed by atoms with Gasteiger partial charge in [-0.3, -0.25) is 0 Å². The Morgan fingerprint density at radius 3 is 2.40 bits per heavy atom. The van der Waals surface area contributed by atoms with E-state index in [0.29, 0.717) is 29.5 Å². The molecule has 1 aromatic rings. The number of sulfonamides is 1. The Morgan fingerprint density at radius 2 is 1.95 bits per heavy atom. The summed E-state index contributed by atoms with van der Waals surface area (Å²) in [4.78, 5) is 0.587. The van der Waals surface area contributed by atoms with E-state index in [9.17, 15) is 8.42 Å². The van der Waals surface area contributed by atoms with Gasteiger partial charge in [-0.25, -0.2) is 8.42 Å². The molecule has 0 bridgehead atoms. The van der Waals surface area contributed by atoms with Crippen LogP contribution in [0.3, 0.4) is 0 Å². The van der Waals surface area contributed by atoms with Crippen LogP contribution in [0.4, 0.5) is 0 Å². The van der Waals surface area contributed by atoms with Gasteiger partial charge in [0.2, 0.25) is 10.0 Å². The minimum atomic E-state index is -3.41. The lowest BCUT2D eigenvalue weighted by molar-refractivity contribution is 0.395. The number of nitrogens with two attached hydrogens (primary N) is 1. The molecule has 0 aromatic heterocycles. The quantitative estimate of drug-likeness (QED) is 0.784. The number of thiocarbonyl (C=S) groups is 1. The fraction of sp³-hybridized carbons (Fsp3) is 0.500. The van der Waals surface area contributed by atoms with Crippen LogP contribution in [0.15, 0.2) is 29.2 Å². The minimum Gasteiger partial charge on any atom is -0.389 e. The summed E-state index contributed by atoms with van der Waals surface area (Å²) in [7, 11) is -3.41. The van der Waals surface area contributed by atoms with Crippen LogP contribution in [0.5, 0.6) is 0 Å². The maximum absolute atomic E-state index is 12.6. The van der Waals surface area contributed by atoms with Crippen molar-refractivity contribution in [3.05, 3.63) is 29.8 Å². The van der Waals surface area contributed by atoms with Gasteiger partial charge >= 0.3 is 0 Å². The first-order valence-electron chi connectivity index (χ1n) is 6.85. The van der Waals surface area contributed by atoms with Gasteiger partial charge in [0.05, 0.1) is 4.90 Å². The molecule has 1 aromatic carbocycles. The maximum atomic E-state index is 12.6. The van der Waals surface area contributed by atoms with Gasteiger partial charge in [-0.2, -0.15) is 4.31 Å². The molecule has 0 radical (unpaired) electrons. The highest BCUT2D eigenvalue weighted by molar-refractivity contribution is 7.89. The zero-order chi connectivity index (χ0) is 14.8. The summed E-state index contributed by atoms with van der Waals surface area (Å²) in [6.45, 7) is 3.19. The van der Waals surface area contributed by atoms with Crippen LogP contribution in [0.1, 0.15) is 31.7 Å². The smallest absolute Gasteiger partial charge is 0.243 e. The van der Waals surface area contributed by atoms with Crippen LogP contribution >= 0.6 is 12.2 Å². The number of hydrogen-bond donors (Lipinski definition) is 1. The summed E-state index contributed by atoms with van der Waals surface area (Å²) in [5.74, 6) is 0.534. The lowest BCUT2D eigenvalue weighted by Gasteiger charge is -2.21. The lowest BCUT2D eigenvalue weighted by atomic mass is 10.2. The predicted octanol–water partition coefficient (Wildman–Crippen LogP) is 2.13. The summed E-state index contributed by atoms with van der Waals surface area (Å²) in [5.41, 5.74) is 6.21. The molecule has 2 rings (SSSR count). The molecule has 0 aliphatic heterocycles. The Kier molecular flexibility index (Phi) is 4.78. The van der Waals surface area contributed by atoms with E-state index in [1.54, 1.807) is 28.6 Å². The fourth-order valence-corrected chi connectivity index (χ4v) is 3.83. The molecule has 2 N–H and O–H groups in total. The van der Waals surface area contributed by atoms with Gasteiger partial charge < -0.3 is 5.73 Å². The third kappa shape index (κ3) is 3.56. The number of nitrogens with zero attached hydrogens (tertiary/aromatic N) is 1. The second-order valence-electron chi connectivity index (χ2n) is 5.20. The van der Waals surface area contributed by atoms with Crippen molar-refractivity contribution < 1.29 is 8.42 Å². The SMILES string of the molecule is CCCN(CC1CC1)S(=O)(=O)c1ccc(C(N)=S)cc1. The Bertz CT molecular complexity index is 578. The lowest BCUT2D eigenvalue weighted by Crippen LogP contribution is -2.33. The first-order valence-corrected chi connectivity index (χ1v) is 8.70. The van der Waals surface area contributed by atoms with E-state index in [1.807, 2.05) is 6.92 Å². The van der Waals surface area contributed by atoms with Gasteiger partial charge in [-0.15, -0.1) is 0 Å². The molecule has 4 nitrogen and oxygen atoms in total. The molecule has 0 atom stereocenters. The molecule has 1 aliphatic rings. The van der Waals surface area contributed by atoms with Crippen LogP contribution in [0.2, 0.25) is 0 Å². The van der Waals surface area contributed by atoms with Gasteiger partial charge in [-0.05, 0) is 37.3 Å². The van der Waals surface area contributed by atoms with Crippen LogP contribution in [0.25, 0.3) is 0 Å². The molecule has 0 unspecified atom stereocenters. The van der Waals surface area contributed by atoms with Crippen molar-refractivity contribution >= 4 is 27.2 Å². The number of benzene rings is 1. The zero-order valence-corrected chi connectivity index (χ0v) is 13.2. The summed E-state index contributed by atoms with van der Waals surface area (Å²) >= 11 is 4.88. The number of rotatable bonds is 7. The Balaban J connectivity index is 2.23. The fourth-order valence-electron chi connectivity index (χ4n) is 2.09. The Labute approximate surface area is 126 Å². The van der Waals surface area contributed by atoms with Crippen molar-refractivity contribution in [2.75, 3.05) is 13.1 Å². The highest BCUT2D eigenvalue weighted by Crippen LogP contribution is 2.31. The third-order valence-electron chi connectivity index (χ3n) is 3.41. The first-order chi connectivity index (χ1) is 9.45. The van der Waals surface area contributed by atoms with Gasteiger partial charge in [0.15, 0.2) is 0 Å². The van der Waals surface area contributed by atoms with Crippen molar-refractivity contribution in [1.82, 2.24) is 4.31 Å². The molecule has 0 saturated heterocycles. The molecule has 20 heavy (non-hydrogen) atoms. The highest BCUT2D eigenvalue weighted by Gasteiger charge is 2.31. The Morgan fingerprint density at radius 1 is 1.35 bits per heavy atom. The second kappa shape index (κ2) is 6.20. The highest BCUT2D eigenvalue weighted by atomic mass is 32.2. The predicted molar refractivity (Wildman–Crippen MR) is 84.1 cm³/mol. The van der Waals surface area contributed by atoms with Crippen molar-refractivity contribution in [2.45, 2.75) is 31.1 Å². The van der Waals surface area contributed by atoms with E-state index in [0.717, 1.165) is 19.3 Å². The zero-order valence-electron chi connectivity index (χ0n) is 11.6. The Hall–Kier alpha value is -0.980. The molecule has 0 amide bonds. The molecule has 0 spiro atoms. The normalized spacial score (nSPS) is 15.5. The molecule has 1 saturated carbocycles. The summed E-state index contributed by atoms with van der Waals surface area (Å²) in [6, 6.07) is 6.49. The largest absolute Gasteiger partial charge is 0.389 e. The standard InChI is InChI=1S/C14H20N2O2S2/c1-2-9-16(10-11-3-4-11)20(17,18)13-7-5-12(6-8-13)14(15)19/h5-8,11H,2-4,9-10H2,1H3,(H2,15,19). The first kappa shape index (κ1) is 15.4. The van der Waals surface area contributed by atoms with E-state index < -0.39 is 10.0 Å². The van der Waals surface area contributed by atoms with Gasteiger partial charge in [0, 0.05) is 18.7 Å². The summed E-state index contributed by atoms with van der Waals surface area (Å²) < 4.78 is 26.9. The molecule has 1 fully saturated rings. The summed E-state index contributed by atoms with van der Waals surface area (Å²) in [5, 5.41) is 0. The van der Waals surface area contributed by atoms with E-state index >= 15 is 0 Å². The number of hydrogen-bond acceptors (Lipinski definition) is 3. The molecular formula is C14H20N2O2S2. The van der Waals surface area contributed by atoms with Crippen molar-refractivity contribution in [2.24, 2.45) is 11.7 Å². The topological polar surface area (TPSA) is 63.4 Å². The van der Waals surface area contributed by atoms with Gasteiger partial charge in [0.25, 0.3) is 0 Å². The monoisotopic (exact) mass is 312 g/mol. The maximum Gasteiger partial charge on any atom is 0.243 e. The van der Waals surface area contributed by atoms with Crippen LogP contribution in [-0.4, -0.2) is 30.8 Å². The van der Waals surface area contributed by atoms with Crippen LogP contribution in [0, 0.1) is 5.92 Å². The molecule has 110 valence electrons. The van der Waals surface area contributed by atoms with Crippen molar-refractivity contribution in [1.29, 1.82) is 0 Å². The van der Waals surface area contributed by atoms with Crippen molar-refractivity contribution in [3.63, 3.8) is 0 Å². The molecule has 1 aliphatic carbocycles. The van der Waals surface area contributed by atoms with Crippen LogP contribution in [-0.2, 0) is 10.0 Å². The molecule has 6 heteroatoms.